The van der Waals surface area contributed by atoms with E-state index in [-0.39, 0.29) is 5.60 Å². The molecule has 6 heteroatoms. The molecule has 0 aliphatic carbocycles. The molecule has 2 N–H and O–H groups in total. The summed E-state index contributed by atoms with van der Waals surface area (Å²) in [4.78, 5) is 2.26. The summed E-state index contributed by atoms with van der Waals surface area (Å²) in [5.74, 6) is 1.53. The molecule has 1 fully saturated rings. The zero-order valence-corrected chi connectivity index (χ0v) is 17.7. The number of likely N-dealkylation sites (tertiary alicyclic amines) is 1. The minimum absolute atomic E-state index is 0.353. The summed E-state index contributed by atoms with van der Waals surface area (Å²) in [6, 6.07) is 11.3. The predicted molar refractivity (Wildman–Crippen MR) is 113 cm³/mol. The topological polar surface area (TPSA) is 62.2 Å². The van der Waals surface area contributed by atoms with Crippen LogP contribution in [0.2, 0.25) is 5.02 Å². The molecule has 2 heterocycles. The number of benzene rings is 2. The van der Waals surface area contributed by atoms with Gasteiger partial charge in [0.2, 0.25) is 0 Å². The first-order valence-electron chi connectivity index (χ1n) is 10.1. The molecule has 2 aliphatic rings. The zero-order valence-electron chi connectivity index (χ0n) is 16.9. The Bertz CT molecular complexity index is 862. The number of nitrogens with zero attached hydrogens (tertiary/aromatic N) is 1. The number of aliphatic hydroxyl groups is 2. The van der Waals surface area contributed by atoms with Gasteiger partial charge in [-0.15, -0.1) is 0 Å². The molecule has 1 saturated heterocycles. The Morgan fingerprint density at radius 3 is 2.59 bits per heavy atom. The average Bonchev–Trinajstić information content (AvgIpc) is 2.71. The minimum Gasteiger partial charge on any atom is -0.497 e. The maximum atomic E-state index is 10.7. The summed E-state index contributed by atoms with van der Waals surface area (Å²) < 4.78 is 11.6. The predicted octanol–water partition coefficient (Wildman–Crippen LogP) is 4.04. The van der Waals surface area contributed by atoms with Crippen LogP contribution in [0.5, 0.6) is 11.5 Å². The smallest absolute Gasteiger partial charge is 0.126 e. The Morgan fingerprint density at radius 1 is 1.24 bits per heavy atom. The lowest BCUT2D eigenvalue weighted by Crippen LogP contribution is -2.51. The Kier molecular flexibility index (Phi) is 5.76. The van der Waals surface area contributed by atoms with Gasteiger partial charge in [-0.1, -0.05) is 23.7 Å². The van der Waals surface area contributed by atoms with Crippen LogP contribution in [-0.4, -0.2) is 47.5 Å². The first-order valence-corrected chi connectivity index (χ1v) is 10.5. The van der Waals surface area contributed by atoms with Gasteiger partial charge in [-0.2, -0.15) is 0 Å². The van der Waals surface area contributed by atoms with Gasteiger partial charge in [0.05, 0.1) is 19.3 Å². The molecule has 0 bridgehead atoms. The van der Waals surface area contributed by atoms with E-state index in [1.807, 2.05) is 43.3 Å². The number of piperidine rings is 1. The van der Waals surface area contributed by atoms with E-state index in [9.17, 15) is 10.2 Å². The largest absolute Gasteiger partial charge is 0.497 e. The van der Waals surface area contributed by atoms with Gasteiger partial charge in [0, 0.05) is 36.6 Å². The molecule has 4 rings (SSSR count). The molecule has 0 unspecified atom stereocenters. The third-order valence-corrected chi connectivity index (χ3v) is 6.65. The summed E-state index contributed by atoms with van der Waals surface area (Å²) in [5.41, 5.74) is 2.27. The molecule has 156 valence electrons. The molecule has 0 aromatic heterocycles. The molecule has 0 saturated carbocycles. The lowest BCUT2D eigenvalue weighted by atomic mass is 9.81. The Labute approximate surface area is 176 Å². The van der Waals surface area contributed by atoms with E-state index in [4.69, 9.17) is 21.1 Å². The highest BCUT2D eigenvalue weighted by Crippen LogP contribution is 2.45. The highest BCUT2D eigenvalue weighted by atomic mass is 35.5. The molecular weight excluding hydrogens is 390 g/mol. The van der Waals surface area contributed by atoms with Crippen molar-refractivity contribution in [2.45, 2.75) is 44.0 Å². The van der Waals surface area contributed by atoms with Gasteiger partial charge in [-0.3, -0.25) is 0 Å². The maximum Gasteiger partial charge on any atom is 0.126 e. The molecule has 29 heavy (non-hydrogen) atoms. The number of methoxy groups -OCH3 is 1. The summed E-state index contributed by atoms with van der Waals surface area (Å²) in [5, 5.41) is 22.0. The molecule has 2 atom stereocenters. The Hall–Kier alpha value is -1.79. The van der Waals surface area contributed by atoms with Crippen LogP contribution >= 0.6 is 11.6 Å². The van der Waals surface area contributed by atoms with Crippen molar-refractivity contribution in [2.24, 2.45) is 0 Å². The summed E-state index contributed by atoms with van der Waals surface area (Å²) in [6.45, 7) is 4.17. The molecule has 2 aromatic rings. The maximum absolute atomic E-state index is 10.7. The van der Waals surface area contributed by atoms with Crippen LogP contribution in [0, 0.1) is 6.92 Å². The van der Waals surface area contributed by atoms with Crippen LogP contribution in [0.15, 0.2) is 36.4 Å². The van der Waals surface area contributed by atoms with E-state index < -0.39 is 12.2 Å². The number of rotatable bonds is 4. The van der Waals surface area contributed by atoms with E-state index in [0.717, 1.165) is 54.1 Å². The second kappa shape index (κ2) is 8.15. The van der Waals surface area contributed by atoms with E-state index in [1.54, 1.807) is 7.11 Å². The monoisotopic (exact) mass is 417 g/mol. The van der Waals surface area contributed by atoms with Crippen molar-refractivity contribution in [3.8, 4) is 11.5 Å². The average molecular weight is 418 g/mol. The first kappa shape index (κ1) is 20.5. The van der Waals surface area contributed by atoms with Crippen molar-refractivity contribution in [1.82, 2.24) is 4.90 Å². The zero-order chi connectivity index (χ0) is 20.6. The molecule has 0 amide bonds. The molecule has 5 nitrogen and oxygen atoms in total. The lowest BCUT2D eigenvalue weighted by molar-refractivity contribution is -0.0588. The van der Waals surface area contributed by atoms with Crippen LogP contribution in [0.1, 0.15) is 48.2 Å². The molecular formula is C23H28ClNO4. The summed E-state index contributed by atoms with van der Waals surface area (Å²) in [7, 11) is 1.63. The quantitative estimate of drug-likeness (QED) is 0.786. The van der Waals surface area contributed by atoms with Gasteiger partial charge in [0.1, 0.15) is 17.1 Å². The minimum atomic E-state index is -0.562. The van der Waals surface area contributed by atoms with Crippen molar-refractivity contribution in [2.75, 3.05) is 26.7 Å². The van der Waals surface area contributed by atoms with Crippen molar-refractivity contribution >= 4 is 11.6 Å². The molecule has 0 radical (unpaired) electrons. The highest BCUT2D eigenvalue weighted by molar-refractivity contribution is 6.31. The molecule has 1 spiro atoms. The Balaban J connectivity index is 1.39. The first-order chi connectivity index (χ1) is 13.9. The van der Waals surface area contributed by atoms with Crippen molar-refractivity contribution in [3.05, 3.63) is 58.1 Å². The van der Waals surface area contributed by atoms with Crippen LogP contribution in [-0.2, 0) is 0 Å². The van der Waals surface area contributed by atoms with Crippen LogP contribution in [0.25, 0.3) is 0 Å². The normalized spacial score (nSPS) is 22.0. The SMILES string of the molecule is COc1ccc([C@@H](O)CN2CCC3(CC2)C[C@H](O)c2cc(Cl)c(C)cc2O3)cc1. The van der Waals surface area contributed by atoms with Crippen molar-refractivity contribution in [3.63, 3.8) is 0 Å². The number of aliphatic hydroxyl groups excluding tert-OH is 2. The van der Waals surface area contributed by atoms with E-state index in [1.165, 1.54) is 0 Å². The Morgan fingerprint density at radius 2 is 1.93 bits per heavy atom. The van der Waals surface area contributed by atoms with Gasteiger partial charge < -0.3 is 24.6 Å². The second-order valence-electron chi connectivity index (χ2n) is 8.23. The van der Waals surface area contributed by atoms with E-state index >= 15 is 0 Å². The lowest BCUT2D eigenvalue weighted by Gasteiger charge is -2.46. The third-order valence-electron chi connectivity index (χ3n) is 6.24. The van der Waals surface area contributed by atoms with E-state index in [0.29, 0.717) is 18.0 Å². The van der Waals surface area contributed by atoms with Crippen LogP contribution in [0.3, 0.4) is 0 Å². The number of hydrogen-bond donors (Lipinski definition) is 2. The summed E-state index contributed by atoms with van der Waals surface area (Å²) >= 11 is 6.22. The fourth-order valence-electron chi connectivity index (χ4n) is 4.38. The van der Waals surface area contributed by atoms with Crippen molar-refractivity contribution in [1.29, 1.82) is 0 Å². The van der Waals surface area contributed by atoms with Crippen molar-refractivity contribution < 1.29 is 19.7 Å². The number of β-amino-alcohol motifs (C(OH)–C–C–N with tert-alkyl or cyclic N) is 1. The number of fused-ring (bicyclic) bond motifs is 1. The van der Waals surface area contributed by atoms with E-state index in [2.05, 4.69) is 4.90 Å². The molecule has 2 aliphatic heterocycles. The van der Waals surface area contributed by atoms with Gasteiger partial charge >= 0.3 is 0 Å². The van der Waals surface area contributed by atoms with Gasteiger partial charge in [0.15, 0.2) is 0 Å². The fraction of sp³-hybridized carbons (Fsp3) is 0.478. The second-order valence-corrected chi connectivity index (χ2v) is 8.64. The highest BCUT2D eigenvalue weighted by Gasteiger charge is 2.43. The number of halogens is 1. The van der Waals surface area contributed by atoms with Gasteiger partial charge in [-0.05, 0) is 55.2 Å². The van der Waals surface area contributed by atoms with Crippen LogP contribution in [0.4, 0.5) is 0 Å². The third kappa shape index (κ3) is 4.24. The van der Waals surface area contributed by atoms with Gasteiger partial charge in [0.25, 0.3) is 0 Å². The molecule has 2 aromatic carbocycles. The van der Waals surface area contributed by atoms with Crippen LogP contribution < -0.4 is 9.47 Å². The number of ether oxygens (including phenoxy) is 2. The standard InChI is InChI=1S/C23H28ClNO4/c1-15-11-22-18(12-19(15)24)20(26)13-23(29-22)7-9-25(10-8-23)14-21(27)16-3-5-17(28-2)6-4-16/h3-6,11-12,20-21,26-27H,7-10,13-14H2,1-2H3/t20-,21-/m0/s1. The fourth-order valence-corrected chi connectivity index (χ4v) is 4.55. The number of aryl methyl sites for hydroxylation is 1. The summed E-state index contributed by atoms with van der Waals surface area (Å²) in [6.07, 6.45) is 1.11. The number of hydrogen-bond acceptors (Lipinski definition) is 5. The van der Waals surface area contributed by atoms with Gasteiger partial charge in [-0.25, -0.2) is 0 Å².